The molecular weight excluding hydrogens is 218 g/mol. The van der Waals surface area contributed by atoms with Crippen LogP contribution in [0.4, 0.5) is 0 Å². The molecule has 0 bridgehead atoms. The lowest BCUT2D eigenvalue weighted by Crippen LogP contribution is -3.00. The van der Waals surface area contributed by atoms with Crippen molar-refractivity contribution in [3.05, 3.63) is 35.9 Å². The maximum absolute atomic E-state index is 5.48. The molecule has 0 amide bonds. The van der Waals surface area contributed by atoms with Crippen LogP contribution in [-0.4, -0.2) is 16.6 Å². The van der Waals surface area contributed by atoms with Crippen LogP contribution in [0.2, 0.25) is 0 Å². The van der Waals surface area contributed by atoms with Crippen molar-refractivity contribution in [1.82, 2.24) is 0 Å². The van der Waals surface area contributed by atoms with Gasteiger partial charge >= 0.3 is 0 Å². The van der Waals surface area contributed by atoms with Crippen LogP contribution in [0, 0.1) is 0 Å². The molecule has 2 N–H and O–H groups in total. The van der Waals surface area contributed by atoms with Gasteiger partial charge in [0.25, 0.3) is 0 Å². The highest BCUT2D eigenvalue weighted by atomic mass is 35.5. The zero-order valence-corrected chi connectivity index (χ0v) is 8.92. The molecule has 1 aromatic rings. The first-order valence-corrected chi connectivity index (χ1v) is 4.93. The first-order valence-electron chi connectivity index (χ1n) is 3.94. The summed E-state index contributed by atoms with van der Waals surface area (Å²) in [6.45, 7) is 0. The highest BCUT2D eigenvalue weighted by molar-refractivity contribution is 8.14. The van der Waals surface area contributed by atoms with E-state index in [-0.39, 0.29) is 12.4 Å². The summed E-state index contributed by atoms with van der Waals surface area (Å²) >= 11 is 1.52. The normalized spacial score (nSPS) is 15.1. The van der Waals surface area contributed by atoms with Gasteiger partial charge in [-0.15, -0.1) is 5.10 Å². The minimum Gasteiger partial charge on any atom is -1.00 e. The first kappa shape index (κ1) is 11.1. The Kier molecular flexibility index (Phi) is 3.98. The molecule has 2 rings (SSSR count). The lowest BCUT2D eigenvalue weighted by molar-refractivity contribution is -0.00000267. The Labute approximate surface area is 92.9 Å². The summed E-state index contributed by atoms with van der Waals surface area (Å²) in [5.41, 5.74) is 7.58. The van der Waals surface area contributed by atoms with Crippen molar-refractivity contribution in [3.8, 4) is 0 Å². The molecule has 0 aromatic heterocycles. The highest BCUT2D eigenvalue weighted by Crippen LogP contribution is 2.12. The molecule has 3 nitrogen and oxygen atoms in total. The molecule has 0 aliphatic carbocycles. The fourth-order valence-corrected chi connectivity index (χ4v) is 1.69. The Hall–Kier alpha value is -1.000. The molecule has 0 radical (unpaired) electrons. The number of nitrogens with two attached hydrogens (primary N) is 1. The van der Waals surface area contributed by atoms with Crippen molar-refractivity contribution in [1.29, 1.82) is 0 Å². The number of halogens is 1. The van der Waals surface area contributed by atoms with Gasteiger partial charge < -0.3 is 18.1 Å². The summed E-state index contributed by atoms with van der Waals surface area (Å²) in [6, 6.07) is 10.0. The Balaban J connectivity index is 0.000000980. The molecule has 0 saturated carbocycles. The van der Waals surface area contributed by atoms with E-state index in [4.69, 9.17) is 5.73 Å². The van der Waals surface area contributed by atoms with E-state index in [2.05, 4.69) is 10.2 Å². The van der Waals surface area contributed by atoms with E-state index >= 15 is 0 Å². The van der Waals surface area contributed by atoms with Gasteiger partial charge in [-0.1, -0.05) is 42.1 Å². The van der Waals surface area contributed by atoms with Crippen LogP contribution in [0.1, 0.15) is 5.56 Å². The lowest BCUT2D eigenvalue weighted by Gasteiger charge is -2.08. The van der Waals surface area contributed by atoms with Crippen LogP contribution < -0.4 is 18.1 Å². The molecular formula is C9H9ClN3S-. The molecule has 0 saturated heterocycles. The van der Waals surface area contributed by atoms with E-state index in [0.717, 1.165) is 17.0 Å². The van der Waals surface area contributed by atoms with Gasteiger partial charge in [-0.3, -0.25) is 0 Å². The van der Waals surface area contributed by atoms with Crippen LogP contribution in [0.5, 0.6) is 0 Å². The van der Waals surface area contributed by atoms with Gasteiger partial charge in [0, 0.05) is 5.75 Å². The molecule has 0 spiro atoms. The molecule has 0 fully saturated rings. The predicted molar refractivity (Wildman–Crippen MR) is 57.1 cm³/mol. The predicted octanol–water partition coefficient (Wildman–Crippen LogP) is -1.54. The molecule has 14 heavy (non-hydrogen) atoms. The van der Waals surface area contributed by atoms with Crippen LogP contribution >= 0.6 is 11.8 Å². The molecule has 74 valence electrons. The SMILES string of the molecule is NC1=NN=C(c2ccccc2)CS1.[Cl-]. The second-order valence-corrected chi connectivity index (χ2v) is 3.64. The summed E-state index contributed by atoms with van der Waals surface area (Å²) in [7, 11) is 0. The van der Waals surface area contributed by atoms with Crippen LogP contribution in [-0.2, 0) is 0 Å². The fourth-order valence-electron chi connectivity index (χ4n) is 1.08. The smallest absolute Gasteiger partial charge is 0.180 e. The molecule has 0 unspecified atom stereocenters. The van der Waals surface area contributed by atoms with Gasteiger partial charge in [0.1, 0.15) is 0 Å². The van der Waals surface area contributed by atoms with E-state index in [1.807, 2.05) is 30.3 Å². The maximum Gasteiger partial charge on any atom is 0.180 e. The zero-order valence-electron chi connectivity index (χ0n) is 7.35. The van der Waals surface area contributed by atoms with Crippen molar-refractivity contribution in [2.24, 2.45) is 15.9 Å². The summed E-state index contributed by atoms with van der Waals surface area (Å²) in [5.74, 6) is 0.805. The topological polar surface area (TPSA) is 50.7 Å². The minimum absolute atomic E-state index is 0. The van der Waals surface area contributed by atoms with E-state index < -0.39 is 0 Å². The summed E-state index contributed by atoms with van der Waals surface area (Å²) < 4.78 is 0. The van der Waals surface area contributed by atoms with Gasteiger partial charge in [-0.2, -0.15) is 5.10 Å². The molecule has 1 aromatic carbocycles. The number of hydrogen-bond acceptors (Lipinski definition) is 4. The Morgan fingerprint density at radius 3 is 2.43 bits per heavy atom. The zero-order chi connectivity index (χ0) is 9.10. The lowest BCUT2D eigenvalue weighted by atomic mass is 10.1. The Bertz CT molecular complexity index is 362. The minimum atomic E-state index is 0. The maximum atomic E-state index is 5.48. The average Bonchev–Trinajstić information content (AvgIpc) is 2.20. The number of nitrogens with zero attached hydrogens (tertiary/aromatic N) is 2. The third-order valence-corrected chi connectivity index (χ3v) is 2.53. The van der Waals surface area contributed by atoms with E-state index in [1.54, 1.807) is 0 Å². The second-order valence-electron chi connectivity index (χ2n) is 2.64. The van der Waals surface area contributed by atoms with E-state index in [0.29, 0.717) is 5.17 Å². The summed E-state index contributed by atoms with van der Waals surface area (Å²) in [5, 5.41) is 8.41. The number of amidine groups is 1. The van der Waals surface area contributed by atoms with Crippen molar-refractivity contribution >= 4 is 22.6 Å². The molecule has 1 heterocycles. The van der Waals surface area contributed by atoms with E-state index in [9.17, 15) is 0 Å². The van der Waals surface area contributed by atoms with Crippen LogP contribution in [0.3, 0.4) is 0 Å². The van der Waals surface area contributed by atoms with Gasteiger partial charge in [0.2, 0.25) is 0 Å². The second kappa shape index (κ2) is 5.02. The monoisotopic (exact) mass is 226 g/mol. The van der Waals surface area contributed by atoms with E-state index in [1.165, 1.54) is 11.8 Å². The number of benzene rings is 1. The highest BCUT2D eigenvalue weighted by Gasteiger charge is 2.08. The van der Waals surface area contributed by atoms with Gasteiger partial charge in [-0.05, 0) is 5.56 Å². The van der Waals surface area contributed by atoms with Crippen molar-refractivity contribution in [2.75, 3.05) is 5.75 Å². The molecule has 0 atom stereocenters. The Morgan fingerprint density at radius 2 is 1.86 bits per heavy atom. The van der Waals surface area contributed by atoms with Crippen molar-refractivity contribution in [3.63, 3.8) is 0 Å². The summed E-state index contributed by atoms with van der Waals surface area (Å²) in [6.07, 6.45) is 0. The largest absolute Gasteiger partial charge is 1.00 e. The number of hydrogen-bond donors (Lipinski definition) is 1. The number of thioether (sulfide) groups is 1. The van der Waals surface area contributed by atoms with Gasteiger partial charge in [0.05, 0.1) is 5.71 Å². The van der Waals surface area contributed by atoms with Crippen LogP contribution in [0.15, 0.2) is 40.5 Å². The Morgan fingerprint density at radius 1 is 1.14 bits per heavy atom. The standard InChI is InChI=1S/C9H9N3S.ClH/c10-9-12-11-8(6-13-9)7-4-2-1-3-5-7;/h1-5H,6H2,(H2,10,12);1H/p-1. The van der Waals surface area contributed by atoms with Crippen LogP contribution in [0.25, 0.3) is 0 Å². The molecule has 5 heteroatoms. The molecule has 1 aliphatic rings. The number of rotatable bonds is 1. The third-order valence-electron chi connectivity index (χ3n) is 1.73. The van der Waals surface area contributed by atoms with Gasteiger partial charge in [-0.25, -0.2) is 0 Å². The summed E-state index contributed by atoms with van der Waals surface area (Å²) in [4.78, 5) is 0. The quantitative estimate of drug-likeness (QED) is 0.631. The molecule has 1 aliphatic heterocycles. The average molecular weight is 227 g/mol. The van der Waals surface area contributed by atoms with Gasteiger partial charge in [0.15, 0.2) is 5.17 Å². The first-order chi connectivity index (χ1) is 6.36. The van der Waals surface area contributed by atoms with Crippen molar-refractivity contribution < 1.29 is 12.4 Å². The van der Waals surface area contributed by atoms with Crippen molar-refractivity contribution in [2.45, 2.75) is 0 Å². The third kappa shape index (κ3) is 2.49. The fraction of sp³-hybridized carbons (Fsp3) is 0.111.